The Morgan fingerprint density at radius 2 is 2.11 bits per heavy atom. The molecule has 0 unspecified atom stereocenters. The number of aryl methyl sites for hydroxylation is 2. The molecule has 0 spiro atoms. The molecule has 0 saturated carbocycles. The minimum atomic E-state index is -0.108. The van der Waals surface area contributed by atoms with E-state index in [1.165, 1.54) is 4.90 Å². The number of amides is 2. The fourth-order valence-electron chi connectivity index (χ4n) is 3.30. The smallest absolute Gasteiger partial charge is 0.253 e. The average molecular weight is 385 g/mol. The number of aromatic amines is 1. The van der Waals surface area contributed by atoms with Gasteiger partial charge in [-0.1, -0.05) is 0 Å². The summed E-state index contributed by atoms with van der Waals surface area (Å²) in [6.45, 7) is 4.72. The van der Waals surface area contributed by atoms with Crippen LogP contribution < -0.4 is 15.0 Å². The molecule has 2 aromatic rings. The van der Waals surface area contributed by atoms with Gasteiger partial charge in [-0.2, -0.15) is 5.10 Å². The van der Waals surface area contributed by atoms with Gasteiger partial charge in [-0.05, 0) is 32.0 Å². The zero-order valence-corrected chi connectivity index (χ0v) is 17.0. The first-order valence-electron chi connectivity index (χ1n) is 9.26. The maximum absolute atomic E-state index is 12.5. The standard InChI is InChI=1S/C20H27N5O3/c1-12-16(13(2)23-22-12)10-21-19(26)9-15-11-28-18-7-6-14(20(27)24(3)4)8-17(18)25(15)5/h6-8,15H,9-11H2,1-5H3,(H,21,26)(H,22,23)/t15-/m0/s1. The molecule has 1 aromatic heterocycles. The quantitative estimate of drug-likeness (QED) is 0.816. The summed E-state index contributed by atoms with van der Waals surface area (Å²) in [5.41, 5.74) is 4.28. The summed E-state index contributed by atoms with van der Waals surface area (Å²) in [6.07, 6.45) is 0.303. The molecule has 0 fully saturated rings. The molecule has 0 bridgehead atoms. The van der Waals surface area contributed by atoms with Crippen molar-refractivity contribution in [3.8, 4) is 5.75 Å². The van der Waals surface area contributed by atoms with Crippen molar-refractivity contribution in [3.05, 3.63) is 40.7 Å². The van der Waals surface area contributed by atoms with Crippen LogP contribution in [0.3, 0.4) is 0 Å². The van der Waals surface area contributed by atoms with E-state index in [-0.39, 0.29) is 17.9 Å². The van der Waals surface area contributed by atoms with Crippen molar-refractivity contribution in [1.82, 2.24) is 20.4 Å². The average Bonchev–Trinajstić information content (AvgIpc) is 2.99. The molecule has 8 nitrogen and oxygen atoms in total. The molecule has 1 aliphatic heterocycles. The third-order valence-electron chi connectivity index (χ3n) is 5.14. The first kappa shape index (κ1) is 19.7. The number of ether oxygens (including phenoxy) is 1. The van der Waals surface area contributed by atoms with Crippen molar-refractivity contribution in [1.29, 1.82) is 0 Å². The Hall–Kier alpha value is -3.03. The molecule has 0 saturated heterocycles. The lowest BCUT2D eigenvalue weighted by Gasteiger charge is -2.35. The molecule has 1 aliphatic rings. The zero-order valence-electron chi connectivity index (χ0n) is 17.0. The van der Waals surface area contributed by atoms with Crippen molar-refractivity contribution in [2.75, 3.05) is 32.6 Å². The third-order valence-corrected chi connectivity index (χ3v) is 5.14. The molecule has 0 radical (unpaired) electrons. The highest BCUT2D eigenvalue weighted by atomic mass is 16.5. The number of carbonyl (C=O) groups excluding carboxylic acids is 2. The van der Waals surface area contributed by atoms with Crippen LogP contribution in [-0.2, 0) is 11.3 Å². The number of benzene rings is 1. The number of likely N-dealkylation sites (N-methyl/N-ethyl adjacent to an activating group) is 1. The van der Waals surface area contributed by atoms with E-state index in [0.29, 0.717) is 25.1 Å². The van der Waals surface area contributed by atoms with Gasteiger partial charge >= 0.3 is 0 Å². The Labute approximate surface area is 164 Å². The Bertz CT molecular complexity index is 870. The van der Waals surface area contributed by atoms with E-state index in [0.717, 1.165) is 28.4 Å². The number of carbonyl (C=O) groups is 2. The highest BCUT2D eigenvalue weighted by Crippen LogP contribution is 2.34. The van der Waals surface area contributed by atoms with Gasteiger partial charge < -0.3 is 19.9 Å². The van der Waals surface area contributed by atoms with E-state index in [1.807, 2.05) is 37.9 Å². The van der Waals surface area contributed by atoms with Crippen LogP contribution in [0.15, 0.2) is 18.2 Å². The highest BCUT2D eigenvalue weighted by molar-refractivity contribution is 5.95. The van der Waals surface area contributed by atoms with Gasteiger partial charge in [-0.3, -0.25) is 14.7 Å². The number of rotatable bonds is 5. The van der Waals surface area contributed by atoms with E-state index in [1.54, 1.807) is 20.2 Å². The van der Waals surface area contributed by atoms with Gasteiger partial charge in [-0.15, -0.1) is 0 Å². The summed E-state index contributed by atoms with van der Waals surface area (Å²) < 4.78 is 5.83. The summed E-state index contributed by atoms with van der Waals surface area (Å²) in [6, 6.07) is 5.28. The Morgan fingerprint density at radius 3 is 2.75 bits per heavy atom. The Balaban J connectivity index is 1.66. The molecule has 1 atom stereocenters. The number of anilines is 1. The van der Waals surface area contributed by atoms with Gasteiger partial charge in [0.15, 0.2) is 0 Å². The molecule has 8 heteroatoms. The molecule has 3 rings (SSSR count). The van der Waals surface area contributed by atoms with Crippen molar-refractivity contribution in [2.45, 2.75) is 32.9 Å². The first-order valence-corrected chi connectivity index (χ1v) is 9.26. The largest absolute Gasteiger partial charge is 0.489 e. The number of hydrogen-bond donors (Lipinski definition) is 2. The molecule has 2 N–H and O–H groups in total. The number of aromatic nitrogens is 2. The van der Waals surface area contributed by atoms with Crippen LogP contribution in [0.2, 0.25) is 0 Å². The summed E-state index contributed by atoms with van der Waals surface area (Å²) in [4.78, 5) is 28.3. The van der Waals surface area contributed by atoms with Crippen molar-refractivity contribution in [2.24, 2.45) is 0 Å². The van der Waals surface area contributed by atoms with Gasteiger partial charge in [0.05, 0.1) is 23.8 Å². The summed E-state index contributed by atoms with van der Waals surface area (Å²) in [5, 5.41) is 10.0. The second-order valence-corrected chi connectivity index (χ2v) is 7.35. The lowest BCUT2D eigenvalue weighted by molar-refractivity contribution is -0.121. The predicted molar refractivity (Wildman–Crippen MR) is 107 cm³/mol. The Kier molecular flexibility index (Phi) is 5.58. The van der Waals surface area contributed by atoms with Gasteiger partial charge in [0, 0.05) is 44.5 Å². The lowest BCUT2D eigenvalue weighted by Crippen LogP contribution is -2.43. The zero-order chi connectivity index (χ0) is 20.4. The minimum absolute atomic E-state index is 0.0515. The predicted octanol–water partition coefficient (Wildman–Crippen LogP) is 1.63. The first-order chi connectivity index (χ1) is 13.3. The van der Waals surface area contributed by atoms with Gasteiger partial charge in [0.1, 0.15) is 12.4 Å². The van der Waals surface area contributed by atoms with Crippen LogP contribution in [0.5, 0.6) is 5.75 Å². The number of nitrogens with one attached hydrogen (secondary N) is 2. The molecular formula is C20H27N5O3. The number of fused-ring (bicyclic) bond motifs is 1. The monoisotopic (exact) mass is 385 g/mol. The molecule has 0 aliphatic carbocycles. The summed E-state index contributed by atoms with van der Waals surface area (Å²) in [7, 11) is 5.37. The van der Waals surface area contributed by atoms with Crippen LogP contribution in [0.1, 0.15) is 33.7 Å². The molecule has 28 heavy (non-hydrogen) atoms. The maximum Gasteiger partial charge on any atom is 0.253 e. The number of nitrogens with zero attached hydrogens (tertiary/aromatic N) is 3. The fraction of sp³-hybridized carbons (Fsp3) is 0.450. The highest BCUT2D eigenvalue weighted by Gasteiger charge is 2.28. The SMILES string of the molecule is Cc1n[nH]c(C)c1CNC(=O)C[C@H]1COc2ccc(C(=O)N(C)C)cc2N1C. The van der Waals surface area contributed by atoms with Crippen molar-refractivity contribution < 1.29 is 14.3 Å². The van der Waals surface area contributed by atoms with Crippen LogP contribution in [0.25, 0.3) is 0 Å². The molecule has 150 valence electrons. The number of H-pyrrole nitrogens is 1. The molecular weight excluding hydrogens is 358 g/mol. The topological polar surface area (TPSA) is 90.6 Å². The van der Waals surface area contributed by atoms with Crippen LogP contribution >= 0.6 is 0 Å². The second kappa shape index (κ2) is 7.92. The molecule has 2 amide bonds. The van der Waals surface area contributed by atoms with Crippen molar-refractivity contribution >= 4 is 17.5 Å². The molecule has 2 heterocycles. The fourth-order valence-corrected chi connectivity index (χ4v) is 3.30. The minimum Gasteiger partial charge on any atom is -0.489 e. The van der Waals surface area contributed by atoms with E-state index in [4.69, 9.17) is 4.74 Å². The van der Waals surface area contributed by atoms with Crippen LogP contribution in [0.4, 0.5) is 5.69 Å². The van der Waals surface area contributed by atoms with Crippen molar-refractivity contribution in [3.63, 3.8) is 0 Å². The van der Waals surface area contributed by atoms with E-state index in [2.05, 4.69) is 15.5 Å². The van der Waals surface area contributed by atoms with E-state index in [9.17, 15) is 9.59 Å². The van der Waals surface area contributed by atoms with Crippen LogP contribution in [0, 0.1) is 13.8 Å². The Morgan fingerprint density at radius 1 is 1.36 bits per heavy atom. The van der Waals surface area contributed by atoms with Crippen LogP contribution in [-0.4, -0.2) is 60.7 Å². The van der Waals surface area contributed by atoms with E-state index < -0.39 is 0 Å². The number of hydrogen-bond acceptors (Lipinski definition) is 5. The maximum atomic E-state index is 12.5. The lowest BCUT2D eigenvalue weighted by atomic mass is 10.1. The third kappa shape index (κ3) is 3.95. The molecule has 1 aromatic carbocycles. The van der Waals surface area contributed by atoms with Gasteiger partial charge in [-0.25, -0.2) is 0 Å². The normalized spacial score (nSPS) is 15.6. The van der Waals surface area contributed by atoms with Gasteiger partial charge in [0.25, 0.3) is 5.91 Å². The summed E-state index contributed by atoms with van der Waals surface area (Å²) >= 11 is 0. The summed E-state index contributed by atoms with van der Waals surface area (Å²) in [5.74, 6) is 0.602. The van der Waals surface area contributed by atoms with Gasteiger partial charge in [0.2, 0.25) is 5.91 Å². The second-order valence-electron chi connectivity index (χ2n) is 7.35. The van der Waals surface area contributed by atoms with E-state index >= 15 is 0 Å².